The average molecular weight is 472 g/mol. The molecule has 11 heteroatoms. The minimum Gasteiger partial charge on any atom is -0.507 e. The first-order chi connectivity index (χ1) is 16.3. The summed E-state index contributed by atoms with van der Waals surface area (Å²) < 4.78 is 10.8. The maximum Gasteiger partial charge on any atom is 0.422 e. The molecule has 4 N–H and O–H groups in total. The second-order valence-electron chi connectivity index (χ2n) is 8.93. The van der Waals surface area contributed by atoms with Crippen molar-refractivity contribution in [2.45, 2.75) is 44.1 Å². The van der Waals surface area contributed by atoms with Gasteiger partial charge in [0.05, 0.1) is 12.7 Å². The Labute approximate surface area is 196 Å². The van der Waals surface area contributed by atoms with Crippen LogP contribution < -0.4 is 15.5 Å². The number of nitrogens with zero attached hydrogens (tertiary/aromatic N) is 2. The number of nitrogens with one attached hydrogen (secondary N) is 3. The summed E-state index contributed by atoms with van der Waals surface area (Å²) in [5.41, 5.74) is 5.05. The molecule has 182 valence electrons. The van der Waals surface area contributed by atoms with E-state index in [0.29, 0.717) is 42.7 Å². The zero-order chi connectivity index (χ0) is 24.4. The van der Waals surface area contributed by atoms with E-state index in [-0.39, 0.29) is 29.2 Å². The van der Waals surface area contributed by atoms with E-state index < -0.39 is 12.0 Å². The zero-order valence-corrected chi connectivity index (χ0v) is 19.4. The number of H-pyrrole nitrogens is 1. The predicted octanol–water partition coefficient (Wildman–Crippen LogP) is 2.13. The number of fused-ring (bicyclic) bond motifs is 1. The van der Waals surface area contributed by atoms with Crippen molar-refractivity contribution in [1.29, 1.82) is 0 Å². The molecule has 1 saturated carbocycles. The standard InChI is InChI=1S/C23H29N5O6/c1-28(2)27-23(32)34-14-5-4-12(6-14)18-9-21(26-25-18)24-22(31)13-7-15-16(8-13)20(33-3)10-19(30)17(15)11-29/h9-14,30H,4-8H2,1-3H3,(H,27,32)(H2,24,25,26,31)/t12-,13?,14?/m0/s1. The molecule has 34 heavy (non-hydrogen) atoms. The second-order valence-corrected chi connectivity index (χ2v) is 8.93. The number of phenols is 1. The largest absolute Gasteiger partial charge is 0.507 e. The fraction of sp³-hybridized carbons (Fsp3) is 0.478. The van der Waals surface area contributed by atoms with E-state index in [1.807, 2.05) is 0 Å². The fourth-order valence-electron chi connectivity index (χ4n) is 4.80. The van der Waals surface area contributed by atoms with Gasteiger partial charge in [-0.3, -0.25) is 20.1 Å². The van der Waals surface area contributed by atoms with E-state index in [4.69, 9.17) is 9.47 Å². The van der Waals surface area contributed by atoms with E-state index in [9.17, 15) is 19.5 Å². The number of phenolic OH excluding ortho intramolecular Hbond substituents is 1. The minimum absolute atomic E-state index is 0.147. The van der Waals surface area contributed by atoms with Gasteiger partial charge in [0, 0.05) is 43.8 Å². The highest BCUT2D eigenvalue weighted by atomic mass is 16.6. The smallest absolute Gasteiger partial charge is 0.422 e. The number of hydrogen-bond acceptors (Lipinski definition) is 8. The molecular formula is C23H29N5O6. The molecule has 3 atom stereocenters. The number of amides is 2. The van der Waals surface area contributed by atoms with Gasteiger partial charge >= 0.3 is 6.09 Å². The van der Waals surface area contributed by atoms with Crippen LogP contribution in [-0.2, 0) is 22.4 Å². The lowest BCUT2D eigenvalue weighted by Crippen LogP contribution is -2.38. The fourth-order valence-corrected chi connectivity index (χ4v) is 4.80. The van der Waals surface area contributed by atoms with Gasteiger partial charge in [0.25, 0.3) is 0 Å². The van der Waals surface area contributed by atoms with Crippen molar-refractivity contribution < 1.29 is 29.0 Å². The number of benzene rings is 1. The van der Waals surface area contributed by atoms with E-state index in [1.165, 1.54) is 18.2 Å². The number of anilines is 1. The summed E-state index contributed by atoms with van der Waals surface area (Å²) in [6.07, 6.45) is 2.94. The van der Waals surface area contributed by atoms with Crippen LogP contribution in [0, 0.1) is 5.92 Å². The lowest BCUT2D eigenvalue weighted by atomic mass is 10.0. The molecule has 0 bridgehead atoms. The summed E-state index contributed by atoms with van der Waals surface area (Å²) >= 11 is 0. The topological polar surface area (TPSA) is 146 Å². The highest BCUT2D eigenvalue weighted by molar-refractivity contribution is 5.94. The Morgan fingerprint density at radius 3 is 2.71 bits per heavy atom. The van der Waals surface area contributed by atoms with Crippen molar-refractivity contribution in [3.05, 3.63) is 34.5 Å². The summed E-state index contributed by atoms with van der Waals surface area (Å²) in [5, 5.41) is 21.7. The summed E-state index contributed by atoms with van der Waals surface area (Å²) in [4.78, 5) is 36.2. The molecule has 2 unspecified atom stereocenters. The van der Waals surface area contributed by atoms with Crippen LogP contribution in [0.15, 0.2) is 12.1 Å². The molecule has 0 spiro atoms. The Hall–Kier alpha value is -3.60. The number of aromatic hydroxyl groups is 1. The lowest BCUT2D eigenvalue weighted by molar-refractivity contribution is -0.119. The van der Waals surface area contributed by atoms with Gasteiger partial charge < -0.3 is 19.9 Å². The number of aldehydes is 1. The number of methoxy groups -OCH3 is 1. The van der Waals surface area contributed by atoms with E-state index in [1.54, 1.807) is 20.2 Å². The number of carbonyl (C=O) groups excluding carboxylic acids is 3. The molecule has 2 aromatic rings. The Morgan fingerprint density at radius 2 is 2.00 bits per heavy atom. The Bertz CT molecular complexity index is 1100. The van der Waals surface area contributed by atoms with Crippen molar-refractivity contribution in [1.82, 2.24) is 20.6 Å². The van der Waals surface area contributed by atoms with Crippen molar-refractivity contribution >= 4 is 24.1 Å². The van der Waals surface area contributed by atoms with Crippen LogP contribution in [0.1, 0.15) is 52.4 Å². The quantitative estimate of drug-likeness (QED) is 0.355. The normalized spacial score (nSPS) is 21.2. The van der Waals surface area contributed by atoms with Gasteiger partial charge in [0.15, 0.2) is 12.1 Å². The van der Waals surface area contributed by atoms with Crippen LogP contribution in [0.25, 0.3) is 0 Å². The number of hydrazine groups is 1. The summed E-state index contributed by atoms with van der Waals surface area (Å²) in [7, 11) is 4.91. The van der Waals surface area contributed by atoms with Gasteiger partial charge in [-0.1, -0.05) is 0 Å². The third-order valence-electron chi connectivity index (χ3n) is 6.40. The van der Waals surface area contributed by atoms with Crippen LogP contribution >= 0.6 is 0 Å². The van der Waals surface area contributed by atoms with Crippen LogP contribution in [0.2, 0.25) is 0 Å². The molecule has 1 aromatic heterocycles. The maximum atomic E-state index is 12.9. The molecule has 0 aliphatic heterocycles. The Morgan fingerprint density at radius 1 is 1.24 bits per heavy atom. The van der Waals surface area contributed by atoms with Crippen LogP contribution in [0.5, 0.6) is 11.5 Å². The van der Waals surface area contributed by atoms with E-state index in [0.717, 1.165) is 24.1 Å². The number of hydrogen-bond donors (Lipinski definition) is 4. The first-order valence-corrected chi connectivity index (χ1v) is 11.2. The molecule has 11 nitrogen and oxygen atoms in total. The Balaban J connectivity index is 1.36. The lowest BCUT2D eigenvalue weighted by Gasteiger charge is -2.16. The van der Waals surface area contributed by atoms with Crippen molar-refractivity contribution in [2.75, 3.05) is 26.5 Å². The highest BCUT2D eigenvalue weighted by Gasteiger charge is 2.34. The Kier molecular flexibility index (Phi) is 6.73. The number of aromatic nitrogens is 2. The SMILES string of the molecule is COc1cc(O)c(C=O)c2c1CC(C(=O)Nc1cc([C@H]3CCC(OC(=O)NN(C)C)C3)[nH]n1)C2. The van der Waals surface area contributed by atoms with Crippen LogP contribution in [0.3, 0.4) is 0 Å². The first-order valence-electron chi connectivity index (χ1n) is 11.2. The molecule has 4 rings (SSSR count). The summed E-state index contributed by atoms with van der Waals surface area (Å²) in [6, 6.07) is 3.21. The number of carbonyl (C=O) groups is 3. The monoisotopic (exact) mass is 471 g/mol. The highest BCUT2D eigenvalue weighted by Crippen LogP contribution is 2.40. The third-order valence-corrected chi connectivity index (χ3v) is 6.40. The zero-order valence-electron chi connectivity index (χ0n) is 19.4. The number of ether oxygens (including phenoxy) is 2. The van der Waals surface area contributed by atoms with Gasteiger partial charge in [-0.2, -0.15) is 5.10 Å². The molecule has 2 aliphatic rings. The van der Waals surface area contributed by atoms with E-state index in [2.05, 4.69) is 20.9 Å². The second kappa shape index (κ2) is 9.72. The molecule has 2 amide bonds. The van der Waals surface area contributed by atoms with Gasteiger partial charge in [0.2, 0.25) is 5.91 Å². The maximum absolute atomic E-state index is 12.9. The van der Waals surface area contributed by atoms with Gasteiger partial charge in [0.1, 0.15) is 17.6 Å². The van der Waals surface area contributed by atoms with Crippen molar-refractivity contribution in [2.24, 2.45) is 5.92 Å². The molecule has 0 radical (unpaired) electrons. The molecule has 2 aliphatic carbocycles. The summed E-state index contributed by atoms with van der Waals surface area (Å²) in [6.45, 7) is 0. The van der Waals surface area contributed by atoms with Crippen molar-refractivity contribution in [3.8, 4) is 11.5 Å². The van der Waals surface area contributed by atoms with Crippen molar-refractivity contribution in [3.63, 3.8) is 0 Å². The molecule has 1 aromatic carbocycles. The first kappa shape index (κ1) is 23.6. The number of aromatic amines is 1. The predicted molar refractivity (Wildman–Crippen MR) is 122 cm³/mol. The summed E-state index contributed by atoms with van der Waals surface area (Å²) in [5.74, 6) is 0.239. The minimum atomic E-state index is -0.478. The average Bonchev–Trinajstić information content (AvgIpc) is 3.52. The molecule has 1 heterocycles. The van der Waals surface area contributed by atoms with E-state index >= 15 is 0 Å². The van der Waals surface area contributed by atoms with Gasteiger partial charge in [-0.05, 0) is 43.2 Å². The van der Waals surface area contributed by atoms with Crippen LogP contribution in [0.4, 0.5) is 10.6 Å². The number of rotatable bonds is 7. The van der Waals surface area contributed by atoms with Gasteiger partial charge in [-0.15, -0.1) is 0 Å². The molecular weight excluding hydrogens is 442 g/mol. The van der Waals surface area contributed by atoms with Crippen LogP contribution in [-0.4, -0.2) is 65.9 Å². The third kappa shape index (κ3) is 4.84. The molecule has 1 fully saturated rings. The molecule has 0 saturated heterocycles. The van der Waals surface area contributed by atoms with Gasteiger partial charge in [-0.25, -0.2) is 9.80 Å².